The molecule has 0 saturated carbocycles. The zero-order valence-corrected chi connectivity index (χ0v) is 11.4. The number of nitrogens with one attached hydrogen (secondary N) is 1. The van der Waals surface area contributed by atoms with Gasteiger partial charge in [0, 0.05) is 24.8 Å². The maximum Gasteiger partial charge on any atom is 0.0530 e. The third-order valence-corrected chi connectivity index (χ3v) is 4.40. The Bertz CT molecular complexity index is 478. The number of nitrogens with zero attached hydrogens (tertiary/aromatic N) is 1. The Morgan fingerprint density at radius 2 is 2.17 bits per heavy atom. The van der Waals surface area contributed by atoms with Crippen LogP contribution in [0.5, 0.6) is 0 Å². The molecule has 0 amide bonds. The average Bonchev–Trinajstić information content (AvgIpc) is 2.72. The van der Waals surface area contributed by atoms with Crippen LogP contribution in [0.2, 0.25) is 0 Å². The summed E-state index contributed by atoms with van der Waals surface area (Å²) in [6.45, 7) is 10.8. The van der Waals surface area contributed by atoms with Gasteiger partial charge in [0.15, 0.2) is 0 Å². The summed E-state index contributed by atoms with van der Waals surface area (Å²) in [6.07, 6.45) is 2.40. The second kappa shape index (κ2) is 4.43. The van der Waals surface area contributed by atoms with E-state index in [-0.39, 0.29) is 0 Å². The predicted octanol–water partition coefficient (Wildman–Crippen LogP) is 2.93. The second-order valence-corrected chi connectivity index (χ2v) is 5.66. The maximum atomic E-state index is 4.20. The van der Waals surface area contributed by atoms with Crippen molar-refractivity contribution in [2.75, 3.05) is 13.1 Å². The summed E-state index contributed by atoms with van der Waals surface area (Å²) in [7, 11) is 0. The highest BCUT2D eigenvalue weighted by Crippen LogP contribution is 2.37. The van der Waals surface area contributed by atoms with Crippen molar-refractivity contribution < 1.29 is 0 Å². The molecule has 2 heteroatoms. The molecule has 18 heavy (non-hydrogen) atoms. The van der Waals surface area contributed by atoms with Gasteiger partial charge in [0.25, 0.3) is 0 Å². The monoisotopic (exact) mass is 242 g/mol. The Balaban J connectivity index is 1.93. The maximum absolute atomic E-state index is 4.20. The van der Waals surface area contributed by atoms with Crippen molar-refractivity contribution in [3.05, 3.63) is 47.2 Å². The lowest BCUT2D eigenvalue weighted by Gasteiger charge is -2.40. The summed E-state index contributed by atoms with van der Waals surface area (Å²) < 4.78 is 0. The lowest BCUT2D eigenvalue weighted by molar-refractivity contribution is 0.189. The summed E-state index contributed by atoms with van der Waals surface area (Å²) in [6, 6.07) is 7.89. The SMILES string of the molecule is C=C1CC[C@H]2[C@H](c3ccc(C)cc3C)NCCN12. The predicted molar refractivity (Wildman–Crippen MR) is 75.5 cm³/mol. The minimum Gasteiger partial charge on any atom is -0.369 e. The number of rotatable bonds is 1. The average molecular weight is 242 g/mol. The van der Waals surface area contributed by atoms with Crippen LogP contribution in [-0.2, 0) is 0 Å². The van der Waals surface area contributed by atoms with Gasteiger partial charge < -0.3 is 10.2 Å². The third kappa shape index (κ3) is 1.85. The molecule has 3 rings (SSSR count). The van der Waals surface area contributed by atoms with Gasteiger partial charge >= 0.3 is 0 Å². The van der Waals surface area contributed by atoms with E-state index in [1.807, 2.05) is 0 Å². The van der Waals surface area contributed by atoms with E-state index in [0.717, 1.165) is 19.5 Å². The summed E-state index contributed by atoms with van der Waals surface area (Å²) in [5.74, 6) is 0. The fourth-order valence-corrected chi connectivity index (χ4v) is 3.49. The van der Waals surface area contributed by atoms with Crippen molar-refractivity contribution in [2.45, 2.75) is 38.8 Å². The number of allylic oxidation sites excluding steroid dienone is 1. The Morgan fingerprint density at radius 1 is 1.33 bits per heavy atom. The molecule has 0 radical (unpaired) electrons. The number of aryl methyl sites for hydroxylation is 2. The molecule has 2 aliphatic heterocycles. The molecule has 96 valence electrons. The van der Waals surface area contributed by atoms with Gasteiger partial charge in [0.1, 0.15) is 0 Å². The Hall–Kier alpha value is -1.28. The molecule has 0 spiro atoms. The van der Waals surface area contributed by atoms with E-state index in [1.54, 1.807) is 0 Å². The van der Waals surface area contributed by atoms with Gasteiger partial charge in [-0.1, -0.05) is 30.3 Å². The van der Waals surface area contributed by atoms with Gasteiger partial charge in [-0.2, -0.15) is 0 Å². The van der Waals surface area contributed by atoms with Gasteiger partial charge in [0.2, 0.25) is 0 Å². The Morgan fingerprint density at radius 3 is 2.94 bits per heavy atom. The summed E-state index contributed by atoms with van der Waals surface area (Å²) in [5.41, 5.74) is 5.55. The Kier molecular flexibility index (Phi) is 2.90. The second-order valence-electron chi connectivity index (χ2n) is 5.66. The van der Waals surface area contributed by atoms with Crippen LogP contribution in [0.25, 0.3) is 0 Å². The van der Waals surface area contributed by atoms with Crippen LogP contribution in [0.4, 0.5) is 0 Å². The van der Waals surface area contributed by atoms with Crippen LogP contribution < -0.4 is 5.32 Å². The molecular weight excluding hydrogens is 220 g/mol. The molecule has 1 aromatic carbocycles. The standard InChI is InChI=1S/C16H22N2/c1-11-4-6-14(12(2)10-11)16-15-7-5-13(3)18(15)9-8-17-16/h4,6,10,15-17H,3,5,7-9H2,1-2H3/t15-,16-/m0/s1. The van der Waals surface area contributed by atoms with Crippen LogP contribution in [0.15, 0.2) is 30.5 Å². The first-order valence-corrected chi connectivity index (χ1v) is 6.92. The van der Waals surface area contributed by atoms with Crippen molar-refractivity contribution in [3.63, 3.8) is 0 Å². The molecule has 2 nitrogen and oxygen atoms in total. The molecule has 2 atom stereocenters. The third-order valence-electron chi connectivity index (χ3n) is 4.40. The quantitative estimate of drug-likeness (QED) is 0.814. The number of hydrogen-bond acceptors (Lipinski definition) is 2. The van der Waals surface area contributed by atoms with E-state index in [2.05, 4.69) is 48.8 Å². The van der Waals surface area contributed by atoms with E-state index in [4.69, 9.17) is 0 Å². The van der Waals surface area contributed by atoms with E-state index in [9.17, 15) is 0 Å². The molecule has 2 aliphatic rings. The van der Waals surface area contributed by atoms with Crippen LogP contribution in [0, 0.1) is 13.8 Å². The van der Waals surface area contributed by atoms with Crippen molar-refractivity contribution in [1.29, 1.82) is 0 Å². The molecule has 0 bridgehead atoms. The normalized spacial score (nSPS) is 27.4. The lowest BCUT2D eigenvalue weighted by Crippen LogP contribution is -2.49. The molecule has 2 saturated heterocycles. The van der Waals surface area contributed by atoms with E-state index in [0.29, 0.717) is 12.1 Å². The van der Waals surface area contributed by atoms with E-state index < -0.39 is 0 Å². The molecule has 1 N–H and O–H groups in total. The van der Waals surface area contributed by atoms with Crippen LogP contribution in [0.1, 0.15) is 35.6 Å². The summed E-state index contributed by atoms with van der Waals surface area (Å²) in [5, 5.41) is 3.70. The molecule has 0 aromatic heterocycles. The molecule has 2 fully saturated rings. The summed E-state index contributed by atoms with van der Waals surface area (Å²) >= 11 is 0. The smallest absolute Gasteiger partial charge is 0.0530 e. The number of fused-ring (bicyclic) bond motifs is 1. The number of piperazine rings is 1. The van der Waals surface area contributed by atoms with Crippen LogP contribution in [-0.4, -0.2) is 24.0 Å². The summed E-state index contributed by atoms with van der Waals surface area (Å²) in [4.78, 5) is 2.51. The zero-order valence-electron chi connectivity index (χ0n) is 11.4. The topological polar surface area (TPSA) is 15.3 Å². The van der Waals surface area contributed by atoms with Gasteiger partial charge in [-0.05, 0) is 37.8 Å². The number of hydrogen-bond donors (Lipinski definition) is 1. The lowest BCUT2D eigenvalue weighted by atomic mass is 9.91. The van der Waals surface area contributed by atoms with Crippen molar-refractivity contribution in [1.82, 2.24) is 10.2 Å². The molecule has 1 aromatic rings. The first kappa shape index (κ1) is 11.8. The van der Waals surface area contributed by atoms with Gasteiger partial charge in [-0.3, -0.25) is 0 Å². The van der Waals surface area contributed by atoms with Crippen molar-refractivity contribution in [2.24, 2.45) is 0 Å². The van der Waals surface area contributed by atoms with Gasteiger partial charge in [-0.15, -0.1) is 0 Å². The molecule has 2 heterocycles. The largest absolute Gasteiger partial charge is 0.369 e. The highest BCUT2D eigenvalue weighted by Gasteiger charge is 2.37. The highest BCUT2D eigenvalue weighted by atomic mass is 15.3. The van der Waals surface area contributed by atoms with Gasteiger partial charge in [0.05, 0.1) is 6.04 Å². The van der Waals surface area contributed by atoms with Crippen molar-refractivity contribution >= 4 is 0 Å². The van der Waals surface area contributed by atoms with Gasteiger partial charge in [-0.25, -0.2) is 0 Å². The van der Waals surface area contributed by atoms with Crippen LogP contribution >= 0.6 is 0 Å². The minimum atomic E-state index is 0.471. The van der Waals surface area contributed by atoms with E-state index >= 15 is 0 Å². The first-order chi connectivity index (χ1) is 8.66. The highest BCUT2D eigenvalue weighted by molar-refractivity contribution is 5.35. The van der Waals surface area contributed by atoms with E-state index in [1.165, 1.54) is 28.8 Å². The first-order valence-electron chi connectivity index (χ1n) is 6.92. The minimum absolute atomic E-state index is 0.471. The molecular formula is C16H22N2. The number of benzene rings is 1. The van der Waals surface area contributed by atoms with Crippen molar-refractivity contribution in [3.8, 4) is 0 Å². The molecule has 0 aliphatic carbocycles. The Labute approximate surface area is 110 Å². The fourth-order valence-electron chi connectivity index (χ4n) is 3.49. The zero-order chi connectivity index (χ0) is 12.7. The fraction of sp³-hybridized carbons (Fsp3) is 0.500. The molecule has 0 unspecified atom stereocenters. The van der Waals surface area contributed by atoms with Crippen LogP contribution in [0.3, 0.4) is 0 Å².